The van der Waals surface area contributed by atoms with E-state index in [4.69, 9.17) is 4.74 Å². The molecule has 1 heterocycles. The van der Waals surface area contributed by atoms with E-state index >= 15 is 0 Å². The van der Waals surface area contributed by atoms with Gasteiger partial charge in [0.2, 0.25) is 13.8 Å². The lowest BCUT2D eigenvalue weighted by molar-refractivity contribution is 0.380. The van der Waals surface area contributed by atoms with Crippen LogP contribution < -0.4 is 10.0 Å². The molecule has 1 fully saturated rings. The molecule has 86 valence electrons. The number of rotatable bonds is 1. The van der Waals surface area contributed by atoms with Gasteiger partial charge in [0.1, 0.15) is 5.66 Å². The quantitative estimate of drug-likeness (QED) is 0.761. The molecule has 0 spiro atoms. The number of hydrogen-bond acceptors (Lipinski definition) is 2. The maximum atomic E-state index is 11.0. The van der Waals surface area contributed by atoms with E-state index in [1.54, 1.807) is 0 Å². The van der Waals surface area contributed by atoms with Gasteiger partial charge >= 0.3 is 0 Å². The molecule has 0 bridgehead atoms. The van der Waals surface area contributed by atoms with Gasteiger partial charge in [-0.2, -0.15) is 0 Å². The Morgan fingerprint density at radius 1 is 1.12 bits per heavy atom. The highest BCUT2D eigenvalue weighted by Crippen LogP contribution is 2.65. The van der Waals surface area contributed by atoms with Crippen LogP contribution in [-0.2, 0) is 0 Å². The summed E-state index contributed by atoms with van der Waals surface area (Å²) < 4.78 is 5.67. The predicted molar refractivity (Wildman–Crippen MR) is 67.6 cm³/mol. The van der Waals surface area contributed by atoms with E-state index in [0.717, 1.165) is 11.1 Å². The summed E-state index contributed by atoms with van der Waals surface area (Å²) in [6, 6.07) is 8.04. The number of ether oxygens (including phenoxy) is 1. The highest BCUT2D eigenvalue weighted by molar-refractivity contribution is 7.78. The third-order valence-corrected chi connectivity index (χ3v) is 7.33. The van der Waals surface area contributed by atoms with Crippen molar-refractivity contribution in [1.82, 2.24) is 0 Å². The van der Waals surface area contributed by atoms with E-state index in [1.807, 2.05) is 18.2 Å². The largest absolute Gasteiger partial charge is 0.452 e. The molecule has 1 aromatic carbocycles. The first kappa shape index (κ1) is 10.6. The van der Waals surface area contributed by atoms with E-state index in [9.17, 15) is 4.89 Å². The Kier molecular flexibility index (Phi) is 2.65. The standard InChI is InChI=1S/C13H18O2P/c14-16(11-6-2-1-3-7-11)10-15-12-8-4-5-9-13(12)16/h4-5,8-9,11,14H,1-3,6-7,10H2/q+1. The summed E-state index contributed by atoms with van der Waals surface area (Å²) in [6.45, 7) is 0. The molecule has 0 amide bonds. The van der Waals surface area contributed by atoms with Crippen molar-refractivity contribution in [2.45, 2.75) is 37.8 Å². The maximum absolute atomic E-state index is 11.0. The molecular formula is C13H18O2P+. The van der Waals surface area contributed by atoms with E-state index < -0.39 is 7.49 Å². The molecule has 16 heavy (non-hydrogen) atoms. The molecule has 1 N–H and O–H groups in total. The summed E-state index contributed by atoms with van der Waals surface area (Å²) in [6.07, 6.45) is 6.80. The third kappa shape index (κ3) is 1.56. The Labute approximate surface area is 97.1 Å². The van der Waals surface area contributed by atoms with Crippen molar-refractivity contribution < 1.29 is 9.63 Å². The van der Waals surface area contributed by atoms with Gasteiger partial charge in [-0.25, -0.2) is 4.89 Å². The van der Waals surface area contributed by atoms with Crippen LogP contribution in [0.2, 0.25) is 0 Å². The summed E-state index contributed by atoms with van der Waals surface area (Å²) in [5, 5.41) is 1.11. The molecule has 1 aliphatic carbocycles. The zero-order valence-electron chi connectivity index (χ0n) is 9.43. The van der Waals surface area contributed by atoms with Crippen molar-refractivity contribution in [3.8, 4) is 5.75 Å². The molecule has 0 saturated heterocycles. The topological polar surface area (TPSA) is 29.5 Å². The van der Waals surface area contributed by atoms with Gasteiger partial charge in [-0.05, 0) is 37.8 Å². The lowest BCUT2D eigenvalue weighted by Gasteiger charge is -2.26. The van der Waals surface area contributed by atoms with Gasteiger partial charge in [-0.1, -0.05) is 18.6 Å². The number of hydrogen-bond donors (Lipinski definition) is 1. The second-order valence-electron chi connectivity index (χ2n) is 4.86. The second kappa shape index (κ2) is 4.01. The number of fused-ring (bicyclic) bond motifs is 1. The normalized spacial score (nSPS) is 29.8. The SMILES string of the molecule is O[P+]1(C2CCCCC2)COc2ccccc21. The minimum atomic E-state index is -2.01. The first-order valence-corrected chi connectivity index (χ1v) is 8.13. The summed E-state index contributed by atoms with van der Waals surface area (Å²) in [4.78, 5) is 11.0. The second-order valence-corrected chi connectivity index (χ2v) is 7.98. The van der Waals surface area contributed by atoms with Crippen LogP contribution in [0.25, 0.3) is 0 Å². The average molecular weight is 237 g/mol. The molecule has 1 saturated carbocycles. The van der Waals surface area contributed by atoms with E-state index in [1.165, 1.54) is 32.1 Å². The fraction of sp³-hybridized carbons (Fsp3) is 0.538. The Hall–Kier alpha value is -0.590. The molecule has 3 heteroatoms. The van der Waals surface area contributed by atoms with Crippen molar-refractivity contribution in [3.05, 3.63) is 24.3 Å². The summed E-state index contributed by atoms with van der Waals surface area (Å²) >= 11 is 0. The van der Waals surface area contributed by atoms with Gasteiger partial charge in [-0.15, -0.1) is 0 Å². The Bertz CT molecular complexity index is 387. The van der Waals surface area contributed by atoms with Crippen LogP contribution in [0.4, 0.5) is 0 Å². The molecular weight excluding hydrogens is 219 g/mol. The highest BCUT2D eigenvalue weighted by atomic mass is 31.2. The van der Waals surface area contributed by atoms with Gasteiger partial charge in [0.05, 0.1) is 0 Å². The highest BCUT2D eigenvalue weighted by Gasteiger charge is 2.53. The van der Waals surface area contributed by atoms with Gasteiger partial charge < -0.3 is 4.74 Å². The van der Waals surface area contributed by atoms with Crippen molar-refractivity contribution >= 4 is 12.8 Å². The fourth-order valence-electron chi connectivity index (χ4n) is 2.95. The molecule has 1 aromatic rings. The summed E-state index contributed by atoms with van der Waals surface area (Å²) in [5.74, 6) is 0.920. The van der Waals surface area contributed by atoms with Gasteiger partial charge in [0, 0.05) is 0 Å². The minimum absolute atomic E-state index is 0.491. The number of para-hydroxylation sites is 1. The van der Waals surface area contributed by atoms with Crippen LogP contribution in [0.3, 0.4) is 0 Å². The molecule has 1 aliphatic heterocycles. The zero-order chi connectivity index (χ0) is 11.0. The van der Waals surface area contributed by atoms with E-state index in [2.05, 4.69) is 6.07 Å². The Morgan fingerprint density at radius 3 is 2.69 bits per heavy atom. The van der Waals surface area contributed by atoms with E-state index in [-0.39, 0.29) is 0 Å². The molecule has 3 rings (SSSR count). The Morgan fingerprint density at radius 2 is 1.88 bits per heavy atom. The van der Waals surface area contributed by atoms with Gasteiger partial charge in [0.25, 0.3) is 0 Å². The maximum Gasteiger partial charge on any atom is 0.227 e. The van der Waals surface area contributed by atoms with Crippen molar-refractivity contribution in [3.63, 3.8) is 0 Å². The van der Waals surface area contributed by atoms with Gasteiger partial charge in [-0.3, -0.25) is 0 Å². The average Bonchev–Trinajstić information content (AvgIpc) is 2.71. The lowest BCUT2D eigenvalue weighted by atomic mass is 10.0. The zero-order valence-corrected chi connectivity index (χ0v) is 10.3. The molecule has 2 aliphatic rings. The summed E-state index contributed by atoms with van der Waals surface area (Å²) in [5.41, 5.74) is 0.491. The predicted octanol–water partition coefficient (Wildman–Crippen LogP) is 2.92. The molecule has 2 nitrogen and oxygen atoms in total. The van der Waals surface area contributed by atoms with Crippen LogP contribution >= 0.6 is 7.49 Å². The van der Waals surface area contributed by atoms with Crippen LogP contribution in [0.5, 0.6) is 5.75 Å². The first-order chi connectivity index (χ1) is 7.81. The van der Waals surface area contributed by atoms with Crippen molar-refractivity contribution in [1.29, 1.82) is 0 Å². The third-order valence-electron chi connectivity index (χ3n) is 3.88. The van der Waals surface area contributed by atoms with Crippen LogP contribution in [0, 0.1) is 0 Å². The Balaban J connectivity index is 1.94. The molecule has 1 atom stereocenters. The van der Waals surface area contributed by atoms with Gasteiger partial charge in [0.15, 0.2) is 11.1 Å². The monoisotopic (exact) mass is 237 g/mol. The number of benzene rings is 1. The fourth-order valence-corrected chi connectivity index (χ4v) is 6.11. The van der Waals surface area contributed by atoms with Crippen molar-refractivity contribution in [2.24, 2.45) is 0 Å². The molecule has 0 aromatic heterocycles. The van der Waals surface area contributed by atoms with E-state index in [0.29, 0.717) is 12.0 Å². The first-order valence-electron chi connectivity index (χ1n) is 6.13. The van der Waals surface area contributed by atoms with Crippen LogP contribution in [0.15, 0.2) is 24.3 Å². The van der Waals surface area contributed by atoms with Crippen molar-refractivity contribution in [2.75, 3.05) is 6.35 Å². The lowest BCUT2D eigenvalue weighted by Crippen LogP contribution is -2.24. The smallest absolute Gasteiger partial charge is 0.227 e. The minimum Gasteiger partial charge on any atom is -0.452 e. The molecule has 1 unspecified atom stereocenters. The van der Waals surface area contributed by atoms with Crippen LogP contribution in [0.1, 0.15) is 32.1 Å². The molecule has 0 radical (unpaired) electrons. The summed E-state index contributed by atoms with van der Waals surface area (Å²) in [7, 11) is -2.01. The van der Waals surface area contributed by atoms with Crippen LogP contribution in [-0.4, -0.2) is 16.9 Å².